The minimum atomic E-state index is -0.259. The van der Waals surface area contributed by atoms with Crippen molar-refractivity contribution in [2.75, 3.05) is 131 Å². The van der Waals surface area contributed by atoms with Gasteiger partial charge in [-0.05, 0) is 70.9 Å². The van der Waals surface area contributed by atoms with Gasteiger partial charge in [0, 0.05) is 158 Å². The molecule has 4 aromatic heterocycles. The van der Waals surface area contributed by atoms with Crippen LogP contribution in [0.4, 0.5) is 38.3 Å². The molecule has 0 spiro atoms. The predicted molar refractivity (Wildman–Crippen MR) is 337 cm³/mol. The first-order valence-corrected chi connectivity index (χ1v) is 29.8. The fourth-order valence-electron chi connectivity index (χ4n) is 11.5. The molecule has 4 atom stereocenters. The third-order valence-electron chi connectivity index (χ3n) is 15.7. The Balaban J connectivity index is 0.000000192. The highest BCUT2D eigenvalue weighted by Gasteiger charge is 2.41. The summed E-state index contributed by atoms with van der Waals surface area (Å²) >= 11 is 14.7. The molecule has 10 heterocycles. The van der Waals surface area contributed by atoms with Gasteiger partial charge in [-0.15, -0.1) is 32.8 Å². The lowest BCUT2D eigenvalue weighted by Crippen LogP contribution is -2.54. The third-order valence-corrected chi connectivity index (χ3v) is 16.7. The topological polar surface area (TPSA) is 235 Å². The van der Waals surface area contributed by atoms with Crippen LogP contribution < -0.4 is 41.0 Å². The number of carbonyl (C=O) groups excluding carboxylic acids is 2. The van der Waals surface area contributed by atoms with E-state index >= 15 is 0 Å². The summed E-state index contributed by atoms with van der Waals surface area (Å²) in [7, 11) is 0. The monoisotopic (exact) mass is 1290 g/mol. The molecule has 85 heavy (non-hydrogen) atoms. The van der Waals surface area contributed by atoms with E-state index in [2.05, 4.69) is 94.3 Å². The number of carbonyl (C=O) groups is 2. The van der Waals surface area contributed by atoms with Gasteiger partial charge in [0.25, 0.3) is 0 Å². The molecule has 0 radical (unpaired) electrons. The van der Waals surface area contributed by atoms with Crippen LogP contribution in [0, 0.1) is 0 Å². The number of aromatic nitrogens is 6. The molecule has 0 saturated carbocycles. The van der Waals surface area contributed by atoms with Crippen molar-refractivity contribution in [2.45, 2.75) is 70.5 Å². The smallest absolute Gasteiger partial charge is 0.410 e. The predicted octanol–water partition coefficient (Wildman–Crippen LogP) is 8.19. The zero-order valence-electron chi connectivity index (χ0n) is 46.7. The van der Waals surface area contributed by atoms with E-state index in [0.29, 0.717) is 115 Å². The minimum Gasteiger partial charge on any atom is -0.476 e. The van der Waals surface area contributed by atoms with E-state index in [1.807, 2.05) is 79.1 Å². The normalized spacial score (nSPS) is 19.9. The van der Waals surface area contributed by atoms with Crippen molar-refractivity contribution in [3.05, 3.63) is 135 Å². The van der Waals surface area contributed by atoms with Gasteiger partial charge >= 0.3 is 12.2 Å². The van der Waals surface area contributed by atoms with Crippen LogP contribution in [-0.2, 0) is 22.7 Å². The standard InChI is InChI=1S/C29H35ClN8O3.C25H33N5O3.C4H3BrClN3.CH4.ClH/c30-26-17-25(28(31)34-33-26)37-18-23-6-7-24(19-37)38(23)22-8-9-32-27(16-22)40-15-14-35-10-12-36(13-11-35)29(39)41-20-21-4-2-1-3-5-21;31-25(33-19-20-4-2-1-3-5-20)29-12-10-28(11-13-29)14-15-32-24-16-21(8-9-27-24)30-22-6-7-23(30)18-26-17-22;5-2-1-3(6)8-9-4(2)7;;/h1-5,8-9,16-17,23-24H,6-7,10-15,18-20H2,(H2,31,34);1-5,8-9,16,22-23,26H,6-7,10-15,17-19H2;1H,(H2,7,9);1H4;1H. The number of nitrogens with one attached hydrogen (secondary N) is 1. The second-order valence-electron chi connectivity index (χ2n) is 21.1. The molecule has 22 nitrogen and oxygen atoms in total. The van der Waals surface area contributed by atoms with Gasteiger partial charge in [-0.25, -0.2) is 19.6 Å². The number of piperazine rings is 4. The number of hydrogen-bond acceptors (Lipinski definition) is 20. The lowest BCUT2D eigenvalue weighted by Gasteiger charge is -2.43. The highest BCUT2D eigenvalue weighted by molar-refractivity contribution is 9.10. The maximum atomic E-state index is 12.4. The maximum absolute atomic E-state index is 12.4. The molecule has 4 unspecified atom stereocenters. The van der Waals surface area contributed by atoms with Crippen molar-refractivity contribution in [3.8, 4) is 11.8 Å². The van der Waals surface area contributed by atoms with Gasteiger partial charge in [-0.3, -0.25) is 9.80 Å². The van der Waals surface area contributed by atoms with Gasteiger partial charge in [0.1, 0.15) is 26.4 Å². The summed E-state index contributed by atoms with van der Waals surface area (Å²) in [6, 6.07) is 33.0. The first kappa shape index (κ1) is 64.3. The third kappa shape index (κ3) is 17.7. The van der Waals surface area contributed by atoms with E-state index in [4.69, 9.17) is 53.6 Å². The SMILES string of the molecule is C.Cl.Nc1nnc(Cl)cc1Br.Nc1nnc(Cl)cc1N1CC2CCC(C1)N2c1ccnc(OCCN2CCN(C(=O)OCc3ccccc3)CC2)c1.O=C(OCc1ccccc1)N1CCN(CCOc2cc(N3C4CCC3CNC4)ccn2)CC1. The van der Waals surface area contributed by atoms with Crippen LogP contribution in [0.1, 0.15) is 44.2 Å². The molecule has 6 aliphatic rings. The zero-order chi connectivity index (χ0) is 57.5. The van der Waals surface area contributed by atoms with Crippen LogP contribution in [0.5, 0.6) is 11.8 Å². The molecular weight excluding hydrogens is 1220 g/mol. The quantitative estimate of drug-likeness (QED) is 0.0879. The molecular formula is C59H76BrCl3N16O6. The van der Waals surface area contributed by atoms with Gasteiger partial charge in [-0.2, -0.15) is 0 Å². The summed E-state index contributed by atoms with van der Waals surface area (Å²) in [5, 5.41) is 19.1. The molecule has 2 amide bonds. The number of amides is 2. The van der Waals surface area contributed by atoms with Gasteiger partial charge < -0.3 is 60.2 Å². The average Bonchev–Trinajstić information content (AvgIpc) is 3.10. The average molecular weight is 1290 g/mol. The largest absolute Gasteiger partial charge is 0.476 e. The molecule has 12 rings (SSSR count). The van der Waals surface area contributed by atoms with Gasteiger partial charge in [0.15, 0.2) is 21.9 Å². The Morgan fingerprint density at radius 1 is 0.576 bits per heavy atom. The molecule has 6 aromatic rings. The first-order valence-electron chi connectivity index (χ1n) is 28.3. The number of rotatable bonds is 15. The molecule has 2 aromatic carbocycles. The Kier molecular flexibility index (Phi) is 23.9. The highest BCUT2D eigenvalue weighted by Crippen LogP contribution is 2.39. The van der Waals surface area contributed by atoms with Crippen LogP contribution >= 0.6 is 51.5 Å². The molecule has 26 heteroatoms. The second-order valence-corrected chi connectivity index (χ2v) is 22.8. The van der Waals surface area contributed by atoms with E-state index in [-0.39, 0.29) is 32.0 Å². The lowest BCUT2D eigenvalue weighted by molar-refractivity contribution is 0.0676. The number of halogens is 4. The number of pyridine rings is 2. The van der Waals surface area contributed by atoms with Crippen molar-refractivity contribution in [1.82, 2.24) is 55.3 Å². The summed E-state index contributed by atoms with van der Waals surface area (Å²) in [6.45, 7) is 13.0. The number of nitrogens with zero attached hydrogens (tertiary/aromatic N) is 13. The van der Waals surface area contributed by atoms with Crippen LogP contribution in [0.25, 0.3) is 0 Å². The van der Waals surface area contributed by atoms with Crippen molar-refractivity contribution >= 4 is 92.4 Å². The summed E-state index contributed by atoms with van der Waals surface area (Å²) in [5.74, 6) is 2.07. The fourth-order valence-corrected chi connectivity index (χ4v) is 12.2. The molecule has 6 saturated heterocycles. The van der Waals surface area contributed by atoms with Crippen molar-refractivity contribution in [2.24, 2.45) is 0 Å². The van der Waals surface area contributed by atoms with Crippen LogP contribution in [-0.4, -0.2) is 191 Å². The summed E-state index contributed by atoms with van der Waals surface area (Å²) in [5.41, 5.74) is 16.6. The summed E-state index contributed by atoms with van der Waals surface area (Å²) in [4.78, 5) is 49.1. The van der Waals surface area contributed by atoms with E-state index in [9.17, 15) is 9.59 Å². The Hall–Kier alpha value is -6.73. The van der Waals surface area contributed by atoms with E-state index in [0.717, 1.165) is 101 Å². The van der Waals surface area contributed by atoms with Gasteiger partial charge in [-0.1, -0.05) is 91.3 Å². The van der Waals surface area contributed by atoms with Crippen molar-refractivity contribution in [1.29, 1.82) is 0 Å². The number of anilines is 5. The van der Waals surface area contributed by atoms with Gasteiger partial charge in [0.05, 0.1) is 10.2 Å². The number of nitrogens with two attached hydrogens (primary N) is 2. The molecule has 456 valence electrons. The minimum absolute atomic E-state index is 0. The van der Waals surface area contributed by atoms with E-state index < -0.39 is 0 Å². The van der Waals surface area contributed by atoms with E-state index in [1.54, 1.807) is 21.9 Å². The van der Waals surface area contributed by atoms with Crippen molar-refractivity contribution in [3.63, 3.8) is 0 Å². The van der Waals surface area contributed by atoms with Crippen molar-refractivity contribution < 1.29 is 28.5 Å². The molecule has 4 bridgehead atoms. The number of nitrogen functional groups attached to an aromatic ring is 2. The maximum Gasteiger partial charge on any atom is 0.410 e. The van der Waals surface area contributed by atoms with Gasteiger partial charge in [0.2, 0.25) is 11.8 Å². The molecule has 6 aliphatic heterocycles. The number of benzene rings is 2. The molecule has 0 aliphatic carbocycles. The molecule has 6 fully saturated rings. The highest BCUT2D eigenvalue weighted by atomic mass is 79.9. The first-order chi connectivity index (χ1) is 40.5. The number of fused-ring (bicyclic) bond motifs is 4. The fraction of sp³-hybridized carbons (Fsp3) is 0.458. The lowest BCUT2D eigenvalue weighted by atomic mass is 10.1. The number of hydrogen-bond donors (Lipinski definition) is 3. The Bertz CT molecular complexity index is 3040. The molecule has 5 N–H and O–H groups in total. The summed E-state index contributed by atoms with van der Waals surface area (Å²) in [6.07, 6.45) is 7.90. The summed E-state index contributed by atoms with van der Waals surface area (Å²) < 4.78 is 23.7. The Morgan fingerprint density at radius 2 is 1.01 bits per heavy atom. The number of ether oxygens (including phenoxy) is 4. The Labute approximate surface area is 521 Å². The van der Waals surface area contributed by atoms with E-state index in [1.165, 1.54) is 18.5 Å². The van der Waals surface area contributed by atoms with Crippen LogP contribution in [0.2, 0.25) is 10.3 Å². The Morgan fingerprint density at radius 3 is 1.47 bits per heavy atom. The zero-order valence-corrected chi connectivity index (χ0v) is 50.6. The second kappa shape index (κ2) is 31.6. The van der Waals surface area contributed by atoms with Crippen LogP contribution in [0.15, 0.2) is 114 Å². The van der Waals surface area contributed by atoms with Crippen LogP contribution in [0.3, 0.4) is 0 Å².